The summed E-state index contributed by atoms with van der Waals surface area (Å²) >= 11 is 0. The predicted octanol–water partition coefficient (Wildman–Crippen LogP) is 3.16. The van der Waals surface area contributed by atoms with Crippen molar-refractivity contribution in [2.75, 3.05) is 0 Å². The van der Waals surface area contributed by atoms with Gasteiger partial charge in [-0.15, -0.1) is 0 Å². The zero-order valence-electron chi connectivity index (χ0n) is 10.9. The molecule has 18 heavy (non-hydrogen) atoms. The number of nitrogens with one attached hydrogen (secondary N) is 1. The Morgan fingerprint density at radius 1 is 1.39 bits per heavy atom. The number of carbonyl (C=O) groups excluding carboxylic acids is 1. The van der Waals surface area contributed by atoms with Crippen LogP contribution in [0.1, 0.15) is 55.8 Å². The first kappa shape index (κ1) is 14.4. The molecule has 1 heterocycles. The second kappa shape index (κ2) is 9.33. The molecule has 1 N–H and O–H groups in total. The maximum Gasteiger partial charge on any atom is 0.272 e. The van der Waals surface area contributed by atoms with Crippen molar-refractivity contribution < 1.29 is 4.79 Å². The first-order valence-corrected chi connectivity index (χ1v) is 6.56. The molecule has 1 rings (SSSR count). The summed E-state index contributed by atoms with van der Waals surface area (Å²) in [5.41, 5.74) is 3.02. The van der Waals surface area contributed by atoms with Gasteiger partial charge in [0.25, 0.3) is 5.91 Å². The van der Waals surface area contributed by atoms with Gasteiger partial charge in [-0.05, 0) is 25.0 Å². The Balaban J connectivity index is 2.11. The summed E-state index contributed by atoms with van der Waals surface area (Å²) in [5.74, 6) is -0.217. The molecule has 0 saturated heterocycles. The zero-order valence-corrected chi connectivity index (χ0v) is 10.9. The molecule has 0 radical (unpaired) electrons. The van der Waals surface area contributed by atoms with Crippen LogP contribution in [0.5, 0.6) is 0 Å². The summed E-state index contributed by atoms with van der Waals surface area (Å²) in [5, 5.41) is 3.91. The fraction of sp³-hybridized carbons (Fsp3) is 0.500. The Labute approximate surface area is 109 Å². The van der Waals surface area contributed by atoms with Crippen molar-refractivity contribution in [3.63, 3.8) is 0 Å². The Kier molecular flexibility index (Phi) is 7.44. The monoisotopic (exact) mass is 247 g/mol. The zero-order chi connectivity index (χ0) is 13.1. The van der Waals surface area contributed by atoms with Gasteiger partial charge in [0.1, 0.15) is 0 Å². The van der Waals surface area contributed by atoms with Crippen molar-refractivity contribution in [1.29, 1.82) is 0 Å². The fourth-order valence-electron chi connectivity index (χ4n) is 1.57. The highest BCUT2D eigenvalue weighted by molar-refractivity contribution is 5.93. The van der Waals surface area contributed by atoms with Crippen LogP contribution in [0.2, 0.25) is 0 Å². The first-order chi connectivity index (χ1) is 8.84. The molecule has 0 fully saturated rings. The molecular formula is C14H21N3O. The normalized spacial score (nSPS) is 10.7. The highest BCUT2D eigenvalue weighted by atomic mass is 16.2. The largest absolute Gasteiger partial charge is 0.272 e. The van der Waals surface area contributed by atoms with Crippen LogP contribution in [-0.2, 0) is 0 Å². The number of pyridine rings is 1. The number of nitrogens with zero attached hydrogens (tertiary/aromatic N) is 2. The summed E-state index contributed by atoms with van der Waals surface area (Å²) in [7, 11) is 0. The van der Waals surface area contributed by atoms with Crippen LogP contribution in [0, 0.1) is 0 Å². The fourth-order valence-corrected chi connectivity index (χ4v) is 1.57. The van der Waals surface area contributed by atoms with Crippen molar-refractivity contribution in [3.05, 3.63) is 30.1 Å². The summed E-state index contributed by atoms with van der Waals surface area (Å²) in [6, 6.07) is 3.44. The molecule has 0 aliphatic rings. The van der Waals surface area contributed by atoms with Gasteiger partial charge in [-0.2, -0.15) is 5.10 Å². The van der Waals surface area contributed by atoms with Gasteiger partial charge in [0, 0.05) is 18.6 Å². The quantitative estimate of drug-likeness (QED) is 0.436. The molecule has 0 aromatic carbocycles. The van der Waals surface area contributed by atoms with Gasteiger partial charge in [-0.1, -0.05) is 32.6 Å². The van der Waals surface area contributed by atoms with Crippen molar-refractivity contribution in [2.45, 2.75) is 45.4 Å². The summed E-state index contributed by atoms with van der Waals surface area (Å²) in [6.07, 6.45) is 12.0. The molecule has 0 unspecified atom stereocenters. The van der Waals surface area contributed by atoms with Crippen molar-refractivity contribution in [2.24, 2.45) is 5.10 Å². The predicted molar refractivity (Wildman–Crippen MR) is 73.6 cm³/mol. The minimum Gasteiger partial charge on any atom is -0.267 e. The molecule has 4 heteroatoms. The maximum absolute atomic E-state index is 11.6. The van der Waals surface area contributed by atoms with E-state index in [0.717, 1.165) is 12.8 Å². The van der Waals surface area contributed by atoms with Gasteiger partial charge < -0.3 is 0 Å². The van der Waals surface area contributed by atoms with Crippen LogP contribution >= 0.6 is 0 Å². The van der Waals surface area contributed by atoms with E-state index in [9.17, 15) is 4.79 Å². The molecular weight excluding hydrogens is 226 g/mol. The van der Waals surface area contributed by atoms with Gasteiger partial charge in [0.2, 0.25) is 0 Å². The summed E-state index contributed by atoms with van der Waals surface area (Å²) in [6.45, 7) is 2.20. The van der Waals surface area contributed by atoms with E-state index in [0.29, 0.717) is 5.56 Å². The number of rotatable bonds is 8. The van der Waals surface area contributed by atoms with Crippen molar-refractivity contribution >= 4 is 12.1 Å². The Bertz CT molecular complexity index is 363. The topological polar surface area (TPSA) is 54.4 Å². The van der Waals surface area contributed by atoms with E-state index < -0.39 is 0 Å². The lowest BCUT2D eigenvalue weighted by Gasteiger charge is -1.98. The highest BCUT2D eigenvalue weighted by Crippen LogP contribution is 2.03. The number of hydrogen-bond donors (Lipinski definition) is 1. The third kappa shape index (κ3) is 6.13. The van der Waals surface area contributed by atoms with E-state index in [2.05, 4.69) is 22.4 Å². The molecule has 1 aromatic rings. The van der Waals surface area contributed by atoms with E-state index in [1.807, 2.05) is 0 Å². The number of carbonyl (C=O) groups is 1. The second-order valence-corrected chi connectivity index (χ2v) is 4.20. The molecule has 98 valence electrons. The van der Waals surface area contributed by atoms with E-state index in [-0.39, 0.29) is 5.91 Å². The van der Waals surface area contributed by atoms with Gasteiger partial charge in [-0.25, -0.2) is 5.43 Å². The Hall–Kier alpha value is -1.71. The van der Waals surface area contributed by atoms with Crippen LogP contribution in [0.15, 0.2) is 29.6 Å². The first-order valence-electron chi connectivity index (χ1n) is 6.56. The maximum atomic E-state index is 11.6. The van der Waals surface area contributed by atoms with Crippen molar-refractivity contribution in [3.8, 4) is 0 Å². The number of amides is 1. The van der Waals surface area contributed by atoms with Crippen LogP contribution in [0.3, 0.4) is 0 Å². The second-order valence-electron chi connectivity index (χ2n) is 4.20. The summed E-state index contributed by atoms with van der Waals surface area (Å²) < 4.78 is 0. The smallest absolute Gasteiger partial charge is 0.267 e. The minimum atomic E-state index is -0.217. The van der Waals surface area contributed by atoms with Crippen LogP contribution in [0.25, 0.3) is 0 Å². The van der Waals surface area contributed by atoms with E-state index >= 15 is 0 Å². The van der Waals surface area contributed by atoms with E-state index in [1.54, 1.807) is 24.5 Å². The summed E-state index contributed by atoms with van der Waals surface area (Å²) in [4.78, 5) is 15.4. The van der Waals surface area contributed by atoms with Crippen LogP contribution in [0.4, 0.5) is 0 Å². The lowest BCUT2D eigenvalue weighted by molar-refractivity contribution is 0.0954. The number of aromatic nitrogens is 1. The number of hydrogen-bond acceptors (Lipinski definition) is 3. The van der Waals surface area contributed by atoms with Gasteiger partial charge in [0.05, 0.1) is 5.56 Å². The van der Waals surface area contributed by atoms with E-state index in [4.69, 9.17) is 0 Å². The van der Waals surface area contributed by atoms with Gasteiger partial charge in [0.15, 0.2) is 0 Å². The molecule has 0 spiro atoms. The van der Waals surface area contributed by atoms with Gasteiger partial charge >= 0.3 is 0 Å². The van der Waals surface area contributed by atoms with Crippen LogP contribution < -0.4 is 5.43 Å². The lowest BCUT2D eigenvalue weighted by Crippen LogP contribution is -2.17. The third-order valence-corrected chi connectivity index (χ3v) is 2.62. The van der Waals surface area contributed by atoms with E-state index in [1.165, 1.54) is 31.9 Å². The molecule has 0 bridgehead atoms. The van der Waals surface area contributed by atoms with Gasteiger partial charge in [-0.3, -0.25) is 9.78 Å². The SMILES string of the molecule is CCCCCCCC=NNC(=O)c1cccnc1. The molecule has 0 saturated carbocycles. The third-order valence-electron chi connectivity index (χ3n) is 2.62. The Morgan fingerprint density at radius 2 is 2.22 bits per heavy atom. The average molecular weight is 247 g/mol. The lowest BCUT2D eigenvalue weighted by atomic mass is 10.1. The molecule has 0 aliphatic heterocycles. The minimum absolute atomic E-state index is 0.217. The number of hydrazone groups is 1. The molecule has 0 atom stereocenters. The standard InChI is InChI=1S/C14H21N3O/c1-2-3-4-5-6-7-11-16-17-14(18)13-9-8-10-15-12-13/h8-12H,2-7H2,1H3,(H,17,18). The van der Waals surface area contributed by atoms with Crippen molar-refractivity contribution in [1.82, 2.24) is 10.4 Å². The number of unbranched alkanes of at least 4 members (excludes halogenated alkanes) is 5. The molecule has 4 nitrogen and oxygen atoms in total. The Morgan fingerprint density at radius 3 is 2.94 bits per heavy atom. The average Bonchev–Trinajstić information content (AvgIpc) is 2.42. The molecule has 1 aromatic heterocycles. The van der Waals surface area contributed by atoms with Crippen LogP contribution in [-0.4, -0.2) is 17.1 Å². The molecule has 1 amide bonds. The highest BCUT2D eigenvalue weighted by Gasteiger charge is 2.01. The molecule has 0 aliphatic carbocycles.